The summed E-state index contributed by atoms with van der Waals surface area (Å²) >= 11 is 4.65. The Labute approximate surface area is 175 Å². The molecule has 0 fully saturated rings. The molecule has 0 aliphatic heterocycles. The average molecular weight is 705 g/mol. The van der Waals surface area contributed by atoms with Gasteiger partial charge in [-0.2, -0.15) is 0 Å². The van der Waals surface area contributed by atoms with Crippen LogP contribution in [0.1, 0.15) is 19.3 Å². The molecule has 2 N–H and O–H groups in total. The molecule has 0 heterocycles. The Kier molecular flexibility index (Phi) is 7.32. The van der Waals surface area contributed by atoms with Gasteiger partial charge in [0.05, 0.1) is 52.1 Å². The van der Waals surface area contributed by atoms with Crippen LogP contribution in [0.4, 0.5) is 0 Å². The second kappa shape index (κ2) is 7.56. The zero-order chi connectivity index (χ0) is 12.0. The molecule has 0 amide bonds. The van der Waals surface area contributed by atoms with Gasteiger partial charge in [0.15, 0.2) is 5.71 Å². The number of hydrogen-bond acceptors (Lipinski definition) is 1. The summed E-state index contributed by atoms with van der Waals surface area (Å²) in [6.07, 6.45) is 12.3. The van der Waals surface area contributed by atoms with E-state index in [2.05, 4.69) is 71.4 Å². The Morgan fingerprint density at radius 2 is 1.68 bits per heavy atom. The van der Waals surface area contributed by atoms with Gasteiger partial charge in [-0.15, -0.1) is 0 Å². The minimum Gasteiger partial charge on any atom is -1.00 e. The Hall–Kier alpha value is 1.35. The molecule has 19 heavy (non-hydrogen) atoms. The Balaban J connectivity index is 0.000000902. The van der Waals surface area contributed by atoms with Crippen LogP contribution in [0, 0.1) is 5.92 Å². The maximum atomic E-state index is 6.03. The van der Waals surface area contributed by atoms with Crippen LogP contribution < -0.4 is 53.4 Å². The van der Waals surface area contributed by atoms with Crippen LogP contribution in [-0.2, 0) is 0 Å². The molecule has 0 aromatic carbocycles. The molecule has 104 valence electrons. The molecule has 2 nitrogen and oxygen atoms in total. The first-order chi connectivity index (χ1) is 8.15. The van der Waals surface area contributed by atoms with Crippen molar-refractivity contribution >= 4 is 51.4 Å². The highest BCUT2D eigenvalue weighted by molar-refractivity contribution is 14.2. The average Bonchev–Trinajstić information content (AvgIpc) is 2.28. The second-order valence-electron chi connectivity index (χ2n) is 4.67. The van der Waals surface area contributed by atoms with Gasteiger partial charge >= 0.3 is 0 Å². The maximum absolute atomic E-state index is 6.03. The quantitative estimate of drug-likeness (QED) is 0.173. The third-order valence-electron chi connectivity index (χ3n) is 3.53. The SMILES string of the molecule is [I-].[I-].[NH2+]=C1C=C2C=C(N(I)I)CC3=CCC=C(C1)C23. The van der Waals surface area contributed by atoms with Gasteiger partial charge in [0.2, 0.25) is 0 Å². The molecule has 6 heteroatoms. The van der Waals surface area contributed by atoms with Crippen LogP contribution in [0.25, 0.3) is 0 Å². The number of halogens is 4. The number of nitrogens with two attached hydrogens (primary N) is 1. The van der Waals surface area contributed by atoms with Crippen molar-refractivity contribution in [2.75, 3.05) is 0 Å². The summed E-state index contributed by atoms with van der Waals surface area (Å²) in [5.74, 6) is 0.521. The van der Waals surface area contributed by atoms with Crippen molar-refractivity contribution < 1.29 is 53.4 Å². The van der Waals surface area contributed by atoms with Crippen molar-refractivity contribution in [3.05, 3.63) is 46.7 Å². The van der Waals surface area contributed by atoms with Crippen molar-refractivity contribution in [2.45, 2.75) is 19.3 Å². The van der Waals surface area contributed by atoms with E-state index in [4.69, 9.17) is 5.41 Å². The van der Waals surface area contributed by atoms with Gasteiger partial charge in [0, 0.05) is 24.1 Å². The third-order valence-corrected chi connectivity index (χ3v) is 4.77. The molecule has 0 aromatic rings. The highest BCUT2D eigenvalue weighted by Gasteiger charge is 2.33. The van der Waals surface area contributed by atoms with E-state index >= 15 is 0 Å². The first-order valence-corrected chi connectivity index (χ1v) is 7.61. The standard InChI is InChI=1S/C13H12I2N2.2HI/c14-17(15)12-6-9-3-1-2-8-4-11(16)5-10(7-12)13(8)9;;/h2-3,5,7,13,16H,1,4,6H2;2*1H/p-1. The minimum atomic E-state index is 0. The molecule has 0 aromatic heterocycles. The molecule has 0 radical (unpaired) electrons. The summed E-state index contributed by atoms with van der Waals surface area (Å²) in [5.41, 5.74) is 6.77. The fourth-order valence-electron chi connectivity index (χ4n) is 2.88. The second-order valence-corrected chi connectivity index (χ2v) is 8.44. The molecule has 0 spiro atoms. The molecule has 3 aliphatic rings. The summed E-state index contributed by atoms with van der Waals surface area (Å²) < 4.78 is 2.15. The maximum Gasteiger partial charge on any atom is 0.177 e. The third kappa shape index (κ3) is 3.76. The summed E-state index contributed by atoms with van der Waals surface area (Å²) in [6, 6.07) is 0. The van der Waals surface area contributed by atoms with Gasteiger partial charge in [-0.25, -0.2) is 0 Å². The molecule has 3 rings (SSSR count). The van der Waals surface area contributed by atoms with E-state index in [1.54, 1.807) is 5.57 Å². The lowest BCUT2D eigenvalue weighted by Crippen LogP contribution is -3.00. The molecular weight excluding hydrogens is 692 g/mol. The van der Waals surface area contributed by atoms with Crippen LogP contribution in [0.5, 0.6) is 0 Å². The monoisotopic (exact) mass is 705 g/mol. The lowest BCUT2D eigenvalue weighted by Gasteiger charge is -2.35. The van der Waals surface area contributed by atoms with E-state index in [-0.39, 0.29) is 48.0 Å². The van der Waals surface area contributed by atoms with Gasteiger partial charge in [-0.1, -0.05) is 23.3 Å². The predicted molar refractivity (Wildman–Crippen MR) is 86.5 cm³/mol. The van der Waals surface area contributed by atoms with E-state index in [1.165, 1.54) is 16.8 Å². The summed E-state index contributed by atoms with van der Waals surface area (Å²) in [6.45, 7) is 0. The van der Waals surface area contributed by atoms with Crippen molar-refractivity contribution in [1.82, 2.24) is 1.33 Å². The van der Waals surface area contributed by atoms with Crippen LogP contribution in [0.2, 0.25) is 0 Å². The van der Waals surface area contributed by atoms with Crippen LogP contribution in [0.3, 0.4) is 0 Å². The van der Waals surface area contributed by atoms with Crippen LogP contribution in [0.15, 0.2) is 46.7 Å². The largest absolute Gasteiger partial charge is 1.00 e. The number of rotatable bonds is 1. The van der Waals surface area contributed by atoms with Crippen LogP contribution >= 0.6 is 45.7 Å². The molecular formula is C13H13I4N2-. The fourth-order valence-corrected chi connectivity index (χ4v) is 3.50. The molecule has 0 saturated carbocycles. The summed E-state index contributed by atoms with van der Waals surface area (Å²) in [4.78, 5) is 0. The lowest BCUT2D eigenvalue weighted by atomic mass is 9.71. The van der Waals surface area contributed by atoms with Gasteiger partial charge in [0.1, 0.15) is 0 Å². The van der Waals surface area contributed by atoms with E-state index in [0.29, 0.717) is 5.92 Å². The zero-order valence-electron chi connectivity index (χ0n) is 10.0. The fraction of sp³-hybridized carbons (Fsp3) is 0.308. The van der Waals surface area contributed by atoms with Crippen molar-refractivity contribution in [1.29, 1.82) is 0 Å². The van der Waals surface area contributed by atoms with Gasteiger partial charge in [-0.3, -0.25) is 6.74 Å². The van der Waals surface area contributed by atoms with Crippen molar-refractivity contribution in [2.24, 2.45) is 5.92 Å². The first-order valence-electron chi connectivity index (χ1n) is 5.68. The predicted octanol–water partition coefficient (Wildman–Crippen LogP) is -3.31. The Bertz CT molecular complexity index is 515. The van der Waals surface area contributed by atoms with Crippen molar-refractivity contribution in [3.8, 4) is 0 Å². The molecule has 3 aliphatic carbocycles. The van der Waals surface area contributed by atoms with E-state index in [0.717, 1.165) is 25.0 Å². The smallest absolute Gasteiger partial charge is 0.177 e. The van der Waals surface area contributed by atoms with E-state index in [1.807, 2.05) is 0 Å². The van der Waals surface area contributed by atoms with Gasteiger partial charge < -0.3 is 48.0 Å². The molecule has 0 saturated heterocycles. The highest BCUT2D eigenvalue weighted by Crippen LogP contribution is 2.45. The number of hydrogen-bond donors (Lipinski definition) is 1. The topological polar surface area (TPSA) is 28.8 Å². The zero-order valence-corrected chi connectivity index (χ0v) is 18.7. The number of allylic oxidation sites excluding steroid dienone is 7. The van der Waals surface area contributed by atoms with E-state index < -0.39 is 0 Å². The van der Waals surface area contributed by atoms with Crippen molar-refractivity contribution in [3.63, 3.8) is 0 Å². The lowest BCUT2D eigenvalue weighted by molar-refractivity contribution is -0.114. The minimum absolute atomic E-state index is 0. The highest BCUT2D eigenvalue weighted by atomic mass is 127. The van der Waals surface area contributed by atoms with Crippen LogP contribution in [-0.4, -0.2) is 7.04 Å². The summed E-state index contributed by atoms with van der Waals surface area (Å²) in [5, 5.41) is 6.03. The molecule has 1 atom stereocenters. The summed E-state index contributed by atoms with van der Waals surface area (Å²) in [7, 11) is 0. The van der Waals surface area contributed by atoms with E-state index in [9.17, 15) is 0 Å². The normalized spacial score (nSPS) is 23.7. The Morgan fingerprint density at radius 1 is 1.05 bits per heavy atom. The first kappa shape index (κ1) is 18.4. The van der Waals surface area contributed by atoms with Gasteiger partial charge in [0.25, 0.3) is 0 Å². The molecule has 1 unspecified atom stereocenters. The number of nitrogens with zero attached hydrogens (tertiary/aromatic N) is 1. The molecule has 0 bridgehead atoms. The van der Waals surface area contributed by atoms with Gasteiger partial charge in [-0.05, 0) is 18.1 Å². The Morgan fingerprint density at radius 3 is 2.32 bits per heavy atom.